The number of esters is 1. The number of hydrogen-bond donors (Lipinski definition) is 0. The molecule has 1 fully saturated rings. The van der Waals surface area contributed by atoms with E-state index in [4.69, 9.17) is 21.1 Å². The maximum Gasteiger partial charge on any atom is 0.410 e. The molecule has 0 radical (unpaired) electrons. The van der Waals surface area contributed by atoms with Crippen LogP contribution in [0.1, 0.15) is 47.5 Å². The predicted molar refractivity (Wildman–Crippen MR) is 81.1 cm³/mol. The third-order valence-corrected chi connectivity index (χ3v) is 3.83. The van der Waals surface area contributed by atoms with Gasteiger partial charge < -0.3 is 14.4 Å². The molecule has 1 amide bonds. The molecular formula is C15H26ClNO4. The van der Waals surface area contributed by atoms with Crippen LogP contribution in [0.15, 0.2) is 0 Å². The number of hydrogen-bond acceptors (Lipinski definition) is 4. The van der Waals surface area contributed by atoms with Gasteiger partial charge in [-0.25, -0.2) is 4.79 Å². The minimum Gasteiger partial charge on any atom is -0.445 e. The second-order valence-corrected chi connectivity index (χ2v) is 7.20. The first-order valence-corrected chi connectivity index (χ1v) is 7.86. The lowest BCUT2D eigenvalue weighted by molar-refractivity contribution is -0.153. The highest BCUT2D eigenvalue weighted by atomic mass is 35.5. The van der Waals surface area contributed by atoms with Crippen molar-refractivity contribution in [2.24, 2.45) is 11.8 Å². The lowest BCUT2D eigenvalue weighted by Crippen LogP contribution is -2.43. The van der Waals surface area contributed by atoms with E-state index in [-0.39, 0.29) is 23.9 Å². The average Bonchev–Trinajstić information content (AvgIpc) is 2.36. The summed E-state index contributed by atoms with van der Waals surface area (Å²) < 4.78 is 10.5. The van der Waals surface area contributed by atoms with Crippen molar-refractivity contribution in [3.8, 4) is 0 Å². The molecule has 0 spiro atoms. The summed E-state index contributed by atoms with van der Waals surface area (Å²) in [4.78, 5) is 25.5. The molecule has 1 aliphatic rings. The Hall–Kier alpha value is -0.970. The Labute approximate surface area is 131 Å². The molecule has 1 saturated heterocycles. The Bertz CT molecular complexity index is 370. The zero-order chi connectivity index (χ0) is 16.2. The van der Waals surface area contributed by atoms with Gasteiger partial charge in [-0.05, 0) is 33.6 Å². The van der Waals surface area contributed by atoms with E-state index in [0.717, 1.165) is 0 Å². The van der Waals surface area contributed by atoms with Gasteiger partial charge in [0.25, 0.3) is 0 Å². The second kappa shape index (κ2) is 7.34. The zero-order valence-corrected chi connectivity index (χ0v) is 14.3. The normalized spacial score (nSPS) is 18.5. The van der Waals surface area contributed by atoms with Gasteiger partial charge in [-0.2, -0.15) is 0 Å². The topological polar surface area (TPSA) is 55.8 Å². The van der Waals surface area contributed by atoms with Gasteiger partial charge in [-0.3, -0.25) is 4.79 Å². The van der Waals surface area contributed by atoms with Crippen molar-refractivity contribution in [3.63, 3.8) is 0 Å². The van der Waals surface area contributed by atoms with Crippen molar-refractivity contribution in [2.45, 2.75) is 58.6 Å². The summed E-state index contributed by atoms with van der Waals surface area (Å²) >= 11 is 5.95. The van der Waals surface area contributed by atoms with Crippen LogP contribution < -0.4 is 0 Å². The maximum absolute atomic E-state index is 12.0. The van der Waals surface area contributed by atoms with Gasteiger partial charge in [0.2, 0.25) is 0 Å². The number of nitrogens with zero attached hydrogens (tertiary/aromatic N) is 1. The van der Waals surface area contributed by atoms with E-state index in [0.29, 0.717) is 25.9 Å². The standard InChI is InChI=1S/C15H26ClNO4/c1-10(2)12(16)20-13(18)11-6-8-17(9-7-11)14(19)21-15(3,4)5/h10-12H,6-9H2,1-5H3/t12-/m0/s1. The van der Waals surface area contributed by atoms with E-state index >= 15 is 0 Å². The van der Waals surface area contributed by atoms with Gasteiger partial charge in [-0.1, -0.05) is 25.4 Å². The molecule has 0 aromatic carbocycles. The molecule has 0 aliphatic carbocycles. The number of carbonyl (C=O) groups excluding carboxylic acids is 2. The van der Waals surface area contributed by atoms with E-state index in [2.05, 4.69) is 0 Å². The number of likely N-dealkylation sites (tertiary alicyclic amines) is 1. The molecule has 0 unspecified atom stereocenters. The molecule has 1 heterocycles. The van der Waals surface area contributed by atoms with Crippen LogP contribution in [0, 0.1) is 11.8 Å². The molecule has 122 valence electrons. The Kier molecular flexibility index (Phi) is 6.32. The Morgan fingerprint density at radius 1 is 1.19 bits per heavy atom. The van der Waals surface area contributed by atoms with Crippen LogP contribution in [0.4, 0.5) is 4.79 Å². The smallest absolute Gasteiger partial charge is 0.410 e. The number of halogens is 1. The molecule has 6 heteroatoms. The number of ether oxygens (including phenoxy) is 2. The van der Waals surface area contributed by atoms with E-state index in [9.17, 15) is 9.59 Å². The van der Waals surface area contributed by atoms with Gasteiger partial charge in [0.15, 0.2) is 5.56 Å². The summed E-state index contributed by atoms with van der Waals surface area (Å²) in [5.41, 5.74) is -1.10. The van der Waals surface area contributed by atoms with E-state index in [1.165, 1.54) is 0 Å². The van der Waals surface area contributed by atoms with Crippen molar-refractivity contribution in [2.75, 3.05) is 13.1 Å². The fourth-order valence-corrected chi connectivity index (χ4v) is 2.06. The molecule has 0 N–H and O–H groups in total. The summed E-state index contributed by atoms with van der Waals surface area (Å²) in [5.74, 6) is -0.381. The first-order chi connectivity index (χ1) is 9.60. The first-order valence-electron chi connectivity index (χ1n) is 7.42. The minimum atomic E-state index is -0.596. The SMILES string of the molecule is CC(C)[C@@H](Cl)OC(=O)C1CCN(C(=O)OC(C)(C)C)CC1. The molecule has 0 aromatic rings. The largest absolute Gasteiger partial charge is 0.445 e. The van der Waals surface area contributed by atoms with Crippen LogP contribution in [-0.2, 0) is 14.3 Å². The van der Waals surface area contributed by atoms with Gasteiger partial charge in [0, 0.05) is 19.0 Å². The Morgan fingerprint density at radius 2 is 1.71 bits per heavy atom. The lowest BCUT2D eigenvalue weighted by Gasteiger charge is -2.33. The molecule has 1 rings (SSSR count). The van der Waals surface area contributed by atoms with Crippen LogP contribution in [0.25, 0.3) is 0 Å². The van der Waals surface area contributed by atoms with E-state index in [1.54, 1.807) is 4.90 Å². The zero-order valence-electron chi connectivity index (χ0n) is 13.5. The third-order valence-electron chi connectivity index (χ3n) is 3.23. The quantitative estimate of drug-likeness (QED) is 0.591. The van der Waals surface area contributed by atoms with Gasteiger partial charge >= 0.3 is 12.1 Å². The van der Waals surface area contributed by atoms with Crippen LogP contribution in [0.3, 0.4) is 0 Å². The fourth-order valence-electron chi connectivity index (χ4n) is 1.97. The summed E-state index contributed by atoms with van der Waals surface area (Å²) in [6.45, 7) is 10.3. The minimum absolute atomic E-state index is 0.0810. The summed E-state index contributed by atoms with van der Waals surface area (Å²) in [6.07, 6.45) is 0.839. The third kappa shape index (κ3) is 6.12. The van der Waals surface area contributed by atoms with Crippen LogP contribution >= 0.6 is 11.6 Å². The monoisotopic (exact) mass is 319 g/mol. The molecule has 1 atom stereocenters. The maximum atomic E-state index is 12.0. The lowest BCUT2D eigenvalue weighted by atomic mass is 9.97. The van der Waals surface area contributed by atoms with Crippen molar-refractivity contribution in [1.82, 2.24) is 4.90 Å². The van der Waals surface area contributed by atoms with E-state index in [1.807, 2.05) is 34.6 Å². The Morgan fingerprint density at radius 3 is 2.14 bits per heavy atom. The molecule has 1 aliphatic heterocycles. The van der Waals surface area contributed by atoms with Crippen molar-refractivity contribution < 1.29 is 19.1 Å². The van der Waals surface area contributed by atoms with Gasteiger partial charge in [-0.15, -0.1) is 0 Å². The highest BCUT2D eigenvalue weighted by Gasteiger charge is 2.31. The van der Waals surface area contributed by atoms with Crippen molar-refractivity contribution in [1.29, 1.82) is 0 Å². The highest BCUT2D eigenvalue weighted by molar-refractivity contribution is 6.20. The molecule has 5 nitrogen and oxygen atoms in total. The molecule has 0 saturated carbocycles. The number of rotatable bonds is 3. The van der Waals surface area contributed by atoms with Crippen molar-refractivity contribution in [3.05, 3.63) is 0 Å². The average molecular weight is 320 g/mol. The number of carbonyl (C=O) groups is 2. The van der Waals surface area contributed by atoms with Crippen LogP contribution in [0.2, 0.25) is 0 Å². The van der Waals surface area contributed by atoms with Crippen LogP contribution in [0.5, 0.6) is 0 Å². The molecule has 0 aromatic heterocycles. The number of piperidine rings is 1. The Balaban J connectivity index is 2.41. The second-order valence-electron chi connectivity index (χ2n) is 6.77. The molecule has 21 heavy (non-hydrogen) atoms. The molecule has 0 bridgehead atoms. The molecular weight excluding hydrogens is 294 g/mol. The summed E-state index contributed by atoms with van der Waals surface area (Å²) in [6, 6.07) is 0. The predicted octanol–water partition coefficient (Wildman–Crippen LogP) is 3.40. The van der Waals surface area contributed by atoms with Gasteiger partial charge in [0.1, 0.15) is 5.60 Å². The summed E-state index contributed by atoms with van der Waals surface area (Å²) in [7, 11) is 0. The fraction of sp³-hybridized carbons (Fsp3) is 0.867. The van der Waals surface area contributed by atoms with Gasteiger partial charge in [0.05, 0.1) is 5.92 Å². The van der Waals surface area contributed by atoms with E-state index < -0.39 is 11.2 Å². The van der Waals surface area contributed by atoms with Crippen LogP contribution in [-0.4, -0.2) is 41.2 Å². The number of alkyl halides is 1. The van der Waals surface area contributed by atoms with Crippen molar-refractivity contribution >= 4 is 23.7 Å². The highest BCUT2D eigenvalue weighted by Crippen LogP contribution is 2.23. The first kappa shape index (κ1) is 18.1. The summed E-state index contributed by atoms with van der Waals surface area (Å²) in [5, 5.41) is 0. The number of amides is 1.